The van der Waals surface area contributed by atoms with E-state index in [9.17, 15) is 4.79 Å². The Morgan fingerprint density at radius 3 is 2.85 bits per heavy atom. The number of rotatable bonds is 4. The van der Waals surface area contributed by atoms with Gasteiger partial charge in [-0.1, -0.05) is 29.8 Å². The molecule has 1 aliphatic rings. The Kier molecular flexibility index (Phi) is 4.26. The van der Waals surface area contributed by atoms with Gasteiger partial charge >= 0.3 is 0 Å². The van der Waals surface area contributed by atoms with Gasteiger partial charge in [-0.15, -0.1) is 0 Å². The van der Waals surface area contributed by atoms with Crippen LogP contribution in [0.15, 0.2) is 48.8 Å². The average molecular weight is 370 g/mol. The van der Waals surface area contributed by atoms with Crippen LogP contribution in [0.25, 0.3) is 11.4 Å². The Morgan fingerprint density at radius 2 is 2.04 bits per heavy atom. The van der Waals surface area contributed by atoms with Crippen molar-refractivity contribution in [3.05, 3.63) is 59.4 Å². The summed E-state index contributed by atoms with van der Waals surface area (Å²) in [6, 6.07) is 11.1. The number of fused-ring (bicyclic) bond motifs is 1. The van der Waals surface area contributed by atoms with Crippen molar-refractivity contribution in [1.29, 1.82) is 0 Å². The normalized spacial score (nSPS) is 12.2. The number of nitrogens with one attached hydrogen (secondary N) is 1. The molecule has 3 aromatic rings. The Hall–Kier alpha value is -2.99. The second-order valence-corrected chi connectivity index (χ2v) is 6.33. The number of para-hydroxylation sites is 1. The zero-order valence-corrected chi connectivity index (χ0v) is 14.8. The topological polar surface area (TPSA) is 65.4 Å². The highest BCUT2D eigenvalue weighted by molar-refractivity contribution is 6.33. The van der Waals surface area contributed by atoms with E-state index in [4.69, 9.17) is 21.1 Å². The zero-order valence-electron chi connectivity index (χ0n) is 14.0. The molecule has 26 heavy (non-hydrogen) atoms. The molecule has 4 rings (SSSR count). The van der Waals surface area contributed by atoms with E-state index in [1.54, 1.807) is 29.1 Å². The van der Waals surface area contributed by atoms with Crippen LogP contribution in [0.5, 0.6) is 11.5 Å². The standard InChI is InChI=1S/C19H16ClN3O3/c1-12-4-2-3-5-15(12)22-18(24)10-23-7-6-21-19(23)13-8-16-17(9-14(13)20)26-11-25-16/h2-9H,10-11H2,1H3,(H,22,24). The maximum atomic E-state index is 12.5. The lowest BCUT2D eigenvalue weighted by molar-refractivity contribution is -0.116. The summed E-state index contributed by atoms with van der Waals surface area (Å²) in [7, 11) is 0. The van der Waals surface area contributed by atoms with Crippen molar-refractivity contribution in [2.75, 3.05) is 12.1 Å². The van der Waals surface area contributed by atoms with Crippen molar-refractivity contribution < 1.29 is 14.3 Å². The maximum Gasteiger partial charge on any atom is 0.244 e. The van der Waals surface area contributed by atoms with Gasteiger partial charge in [0.05, 0.1) is 5.02 Å². The van der Waals surface area contributed by atoms with Crippen LogP contribution in [0.3, 0.4) is 0 Å². The molecule has 1 N–H and O–H groups in total. The smallest absolute Gasteiger partial charge is 0.244 e. The molecular formula is C19H16ClN3O3. The molecule has 7 heteroatoms. The maximum absolute atomic E-state index is 12.5. The molecule has 2 heterocycles. The van der Waals surface area contributed by atoms with E-state index in [0.717, 1.165) is 11.3 Å². The summed E-state index contributed by atoms with van der Waals surface area (Å²) in [5, 5.41) is 3.41. The van der Waals surface area contributed by atoms with Gasteiger partial charge in [-0.2, -0.15) is 0 Å². The number of hydrogen-bond acceptors (Lipinski definition) is 4. The first-order chi connectivity index (χ1) is 12.6. The quantitative estimate of drug-likeness (QED) is 0.758. The molecule has 0 aliphatic carbocycles. The monoisotopic (exact) mass is 369 g/mol. The molecule has 0 atom stereocenters. The Morgan fingerprint density at radius 1 is 1.27 bits per heavy atom. The molecule has 0 fully saturated rings. The predicted molar refractivity (Wildman–Crippen MR) is 98.6 cm³/mol. The number of imidazole rings is 1. The summed E-state index contributed by atoms with van der Waals surface area (Å²) in [4.78, 5) is 16.8. The van der Waals surface area contributed by atoms with Crippen LogP contribution in [0, 0.1) is 6.92 Å². The Labute approximate surface area is 155 Å². The van der Waals surface area contributed by atoms with E-state index in [-0.39, 0.29) is 19.2 Å². The molecule has 0 radical (unpaired) electrons. The minimum absolute atomic E-state index is 0.119. The second-order valence-electron chi connectivity index (χ2n) is 5.93. The number of aromatic nitrogens is 2. The summed E-state index contributed by atoms with van der Waals surface area (Å²) in [6.07, 6.45) is 3.38. The fourth-order valence-electron chi connectivity index (χ4n) is 2.83. The van der Waals surface area contributed by atoms with E-state index >= 15 is 0 Å². The number of benzene rings is 2. The van der Waals surface area contributed by atoms with E-state index in [1.165, 1.54) is 0 Å². The summed E-state index contributed by atoms with van der Waals surface area (Å²) in [5.74, 6) is 1.67. The third-order valence-corrected chi connectivity index (χ3v) is 4.46. The van der Waals surface area contributed by atoms with Gasteiger partial charge < -0.3 is 19.4 Å². The van der Waals surface area contributed by atoms with E-state index in [1.807, 2.05) is 31.2 Å². The third kappa shape index (κ3) is 3.11. The van der Waals surface area contributed by atoms with Crippen LogP contribution in [0.2, 0.25) is 5.02 Å². The highest BCUT2D eigenvalue weighted by Gasteiger charge is 2.20. The average Bonchev–Trinajstić information content (AvgIpc) is 3.25. The fraction of sp³-hybridized carbons (Fsp3) is 0.158. The number of ether oxygens (including phenoxy) is 2. The minimum Gasteiger partial charge on any atom is -0.454 e. The van der Waals surface area contributed by atoms with Crippen molar-refractivity contribution in [3.8, 4) is 22.9 Å². The van der Waals surface area contributed by atoms with Crippen LogP contribution >= 0.6 is 11.6 Å². The number of aryl methyl sites for hydroxylation is 1. The molecule has 1 aromatic heterocycles. The van der Waals surface area contributed by atoms with Crippen LogP contribution < -0.4 is 14.8 Å². The van der Waals surface area contributed by atoms with Crippen LogP contribution in [-0.4, -0.2) is 22.3 Å². The molecule has 6 nitrogen and oxygen atoms in total. The molecular weight excluding hydrogens is 354 g/mol. The highest BCUT2D eigenvalue weighted by atomic mass is 35.5. The van der Waals surface area contributed by atoms with Crippen molar-refractivity contribution in [2.24, 2.45) is 0 Å². The van der Waals surface area contributed by atoms with Gasteiger partial charge in [0.2, 0.25) is 12.7 Å². The summed E-state index contributed by atoms with van der Waals surface area (Å²) in [6.45, 7) is 2.24. The fourth-order valence-corrected chi connectivity index (χ4v) is 3.07. The van der Waals surface area contributed by atoms with Crippen molar-refractivity contribution in [1.82, 2.24) is 9.55 Å². The van der Waals surface area contributed by atoms with Gasteiger partial charge in [0.15, 0.2) is 11.5 Å². The molecule has 0 spiro atoms. The Balaban J connectivity index is 1.58. The molecule has 0 unspecified atom stereocenters. The first-order valence-corrected chi connectivity index (χ1v) is 8.46. The molecule has 2 aromatic carbocycles. The van der Waals surface area contributed by atoms with Crippen LogP contribution in [0.1, 0.15) is 5.56 Å². The second kappa shape index (κ2) is 6.72. The van der Waals surface area contributed by atoms with Gasteiger partial charge in [0.1, 0.15) is 12.4 Å². The number of anilines is 1. The minimum atomic E-state index is -0.143. The van der Waals surface area contributed by atoms with Crippen molar-refractivity contribution in [3.63, 3.8) is 0 Å². The molecule has 132 valence electrons. The zero-order chi connectivity index (χ0) is 18.1. The molecule has 1 amide bonds. The lowest BCUT2D eigenvalue weighted by Crippen LogP contribution is -2.19. The number of hydrogen-bond donors (Lipinski definition) is 1. The van der Waals surface area contributed by atoms with Crippen LogP contribution in [0.4, 0.5) is 5.69 Å². The SMILES string of the molecule is Cc1ccccc1NC(=O)Cn1ccnc1-c1cc2c(cc1Cl)OCO2. The van der Waals surface area contributed by atoms with Gasteiger partial charge in [-0.3, -0.25) is 4.79 Å². The summed E-state index contributed by atoms with van der Waals surface area (Å²) < 4.78 is 12.5. The van der Waals surface area contributed by atoms with Gasteiger partial charge in [-0.25, -0.2) is 4.98 Å². The number of carbonyl (C=O) groups is 1. The lowest BCUT2D eigenvalue weighted by Gasteiger charge is -2.11. The number of amides is 1. The number of carbonyl (C=O) groups excluding carboxylic acids is 1. The predicted octanol–water partition coefficient (Wildman–Crippen LogP) is 3.88. The largest absolute Gasteiger partial charge is 0.454 e. The van der Waals surface area contributed by atoms with Gasteiger partial charge in [-0.05, 0) is 24.6 Å². The van der Waals surface area contributed by atoms with Gasteiger partial charge in [0.25, 0.3) is 0 Å². The first kappa shape index (κ1) is 16.5. The van der Waals surface area contributed by atoms with Gasteiger partial charge in [0, 0.05) is 29.7 Å². The van der Waals surface area contributed by atoms with Crippen molar-refractivity contribution in [2.45, 2.75) is 13.5 Å². The highest BCUT2D eigenvalue weighted by Crippen LogP contribution is 2.40. The van der Waals surface area contributed by atoms with Crippen molar-refractivity contribution >= 4 is 23.2 Å². The van der Waals surface area contributed by atoms with E-state index < -0.39 is 0 Å². The summed E-state index contributed by atoms with van der Waals surface area (Å²) >= 11 is 6.37. The third-order valence-electron chi connectivity index (χ3n) is 4.15. The van der Waals surface area contributed by atoms with E-state index in [2.05, 4.69) is 10.3 Å². The lowest BCUT2D eigenvalue weighted by atomic mass is 10.2. The van der Waals surface area contributed by atoms with Crippen LogP contribution in [-0.2, 0) is 11.3 Å². The number of halogens is 1. The molecule has 0 saturated carbocycles. The Bertz CT molecular complexity index is 984. The van der Waals surface area contributed by atoms with E-state index in [0.29, 0.717) is 27.9 Å². The summed E-state index contributed by atoms with van der Waals surface area (Å²) in [5.41, 5.74) is 2.48. The first-order valence-electron chi connectivity index (χ1n) is 8.08. The molecule has 0 saturated heterocycles. The number of nitrogens with zero attached hydrogens (tertiary/aromatic N) is 2. The molecule has 0 bridgehead atoms. The molecule has 1 aliphatic heterocycles.